The molecule has 1 fully saturated rings. The van der Waals surface area contributed by atoms with Gasteiger partial charge in [0.1, 0.15) is 30.2 Å². The molecule has 3 heterocycles. The number of nitrogens with one attached hydrogen (secondary N) is 2. The molecule has 12 nitrogen and oxygen atoms in total. The van der Waals surface area contributed by atoms with Crippen LogP contribution in [0.1, 0.15) is 45.9 Å². The lowest BCUT2D eigenvalue weighted by Gasteiger charge is -2.28. The highest BCUT2D eigenvalue weighted by atomic mass is 16.6. The fourth-order valence-corrected chi connectivity index (χ4v) is 4.47. The number of ether oxygens (including phenoxy) is 1. The summed E-state index contributed by atoms with van der Waals surface area (Å²) < 4.78 is 7.60. The first-order chi connectivity index (χ1) is 18.0. The number of aliphatic hydroxyl groups excluding tert-OH is 2. The lowest BCUT2D eigenvalue weighted by Crippen LogP contribution is -2.43. The van der Waals surface area contributed by atoms with Gasteiger partial charge in [-0.3, -0.25) is 4.57 Å². The van der Waals surface area contributed by atoms with Crippen molar-refractivity contribution in [1.29, 1.82) is 0 Å². The van der Waals surface area contributed by atoms with Crippen molar-refractivity contribution in [3.05, 3.63) is 42.5 Å². The Morgan fingerprint density at radius 3 is 2.58 bits per heavy atom. The van der Waals surface area contributed by atoms with Gasteiger partial charge in [-0.05, 0) is 43.5 Å². The molecule has 12 heteroatoms. The minimum Gasteiger partial charge on any atom is -0.387 e. The third kappa shape index (κ3) is 6.04. The van der Waals surface area contributed by atoms with Gasteiger partial charge in [0.15, 0.2) is 17.7 Å². The van der Waals surface area contributed by atoms with Gasteiger partial charge in [0, 0.05) is 24.8 Å². The van der Waals surface area contributed by atoms with Crippen molar-refractivity contribution < 1.29 is 19.7 Å². The summed E-state index contributed by atoms with van der Waals surface area (Å²) in [5, 5.41) is 27.1. The molecule has 1 aromatic carbocycles. The highest BCUT2D eigenvalue weighted by Crippen LogP contribution is 2.32. The summed E-state index contributed by atoms with van der Waals surface area (Å²) in [7, 11) is 1.91. The maximum Gasteiger partial charge on any atom is 0.319 e. The number of carbonyl (C=O) groups is 1. The summed E-state index contributed by atoms with van der Waals surface area (Å²) in [4.78, 5) is 26.7. The molecular weight excluding hydrogens is 488 g/mol. The molecule has 2 aromatic heterocycles. The van der Waals surface area contributed by atoms with Gasteiger partial charge < -0.3 is 36.2 Å². The van der Waals surface area contributed by atoms with Crippen molar-refractivity contribution in [3.8, 4) is 0 Å². The van der Waals surface area contributed by atoms with Gasteiger partial charge in [-0.15, -0.1) is 0 Å². The number of rotatable bonds is 8. The first-order valence-electron chi connectivity index (χ1n) is 12.8. The highest BCUT2D eigenvalue weighted by Gasteiger charge is 2.44. The van der Waals surface area contributed by atoms with E-state index in [1.807, 2.05) is 43.1 Å². The number of imidazole rings is 1. The molecule has 3 aromatic rings. The molecule has 0 aliphatic carbocycles. The lowest BCUT2D eigenvalue weighted by atomic mass is 9.87. The number of hydrogen-bond donors (Lipinski definition) is 5. The van der Waals surface area contributed by atoms with Gasteiger partial charge in [0.2, 0.25) is 0 Å². The molecule has 0 radical (unpaired) electrons. The Hall–Kier alpha value is -3.32. The third-order valence-electron chi connectivity index (χ3n) is 7.08. The fourth-order valence-electron chi connectivity index (χ4n) is 4.47. The second kappa shape index (κ2) is 11.2. The van der Waals surface area contributed by atoms with Crippen LogP contribution in [0.4, 0.5) is 16.3 Å². The number of aliphatic hydroxyl groups is 2. The Morgan fingerprint density at radius 2 is 1.89 bits per heavy atom. The Labute approximate surface area is 222 Å². The second-order valence-electron chi connectivity index (χ2n) is 10.9. The number of nitrogens with zero attached hydrogens (tertiary/aromatic N) is 5. The van der Waals surface area contributed by atoms with Crippen LogP contribution in [-0.4, -0.2) is 85.2 Å². The summed E-state index contributed by atoms with van der Waals surface area (Å²) >= 11 is 0. The van der Waals surface area contributed by atoms with Crippen LogP contribution in [0.15, 0.2) is 36.9 Å². The first-order valence-corrected chi connectivity index (χ1v) is 12.8. The minimum atomic E-state index is -1.17. The zero-order valence-corrected chi connectivity index (χ0v) is 22.5. The van der Waals surface area contributed by atoms with Gasteiger partial charge >= 0.3 is 6.03 Å². The van der Waals surface area contributed by atoms with Crippen molar-refractivity contribution in [2.45, 2.75) is 70.1 Å². The molecule has 1 aliphatic rings. The van der Waals surface area contributed by atoms with Crippen molar-refractivity contribution in [2.24, 2.45) is 0 Å². The number of urea groups is 1. The van der Waals surface area contributed by atoms with Crippen molar-refractivity contribution in [3.63, 3.8) is 0 Å². The number of carbonyl (C=O) groups excluding carboxylic acids is 1. The molecule has 0 spiro atoms. The van der Waals surface area contributed by atoms with E-state index in [1.54, 1.807) is 4.57 Å². The summed E-state index contributed by atoms with van der Waals surface area (Å²) in [5.74, 6) is 0.229. The monoisotopic (exact) mass is 526 g/mol. The number of nitrogens with two attached hydrogens (primary N) is 1. The molecule has 206 valence electrons. The van der Waals surface area contributed by atoms with Crippen LogP contribution < -0.4 is 16.4 Å². The molecule has 2 amide bonds. The average Bonchev–Trinajstić information content (AvgIpc) is 3.41. The van der Waals surface area contributed by atoms with Gasteiger partial charge in [-0.1, -0.05) is 32.9 Å². The van der Waals surface area contributed by atoms with Gasteiger partial charge in [-0.2, -0.15) is 0 Å². The van der Waals surface area contributed by atoms with E-state index in [0.29, 0.717) is 30.7 Å². The van der Waals surface area contributed by atoms with E-state index in [-0.39, 0.29) is 23.3 Å². The third-order valence-corrected chi connectivity index (χ3v) is 7.08. The topological polar surface area (TPSA) is 164 Å². The number of amides is 2. The van der Waals surface area contributed by atoms with E-state index in [2.05, 4.69) is 46.4 Å². The molecule has 1 aliphatic heterocycles. The van der Waals surface area contributed by atoms with Crippen LogP contribution in [0.3, 0.4) is 0 Å². The molecule has 0 saturated carbocycles. The molecular formula is C26H38N8O4. The van der Waals surface area contributed by atoms with Gasteiger partial charge in [0.25, 0.3) is 0 Å². The number of hydrogen-bond acceptors (Lipinski definition) is 9. The first kappa shape index (κ1) is 27.7. The number of aromatic nitrogens is 4. The van der Waals surface area contributed by atoms with Gasteiger partial charge in [0.05, 0.1) is 6.33 Å². The van der Waals surface area contributed by atoms with E-state index in [4.69, 9.17) is 10.5 Å². The fraction of sp³-hybridized carbons (Fsp3) is 0.538. The Kier molecular flexibility index (Phi) is 8.16. The van der Waals surface area contributed by atoms with Gasteiger partial charge in [-0.25, -0.2) is 19.7 Å². The highest BCUT2D eigenvalue weighted by molar-refractivity contribution is 5.89. The van der Waals surface area contributed by atoms with Crippen LogP contribution >= 0.6 is 0 Å². The van der Waals surface area contributed by atoms with E-state index in [0.717, 1.165) is 5.69 Å². The maximum atomic E-state index is 12.3. The minimum absolute atomic E-state index is 0.0544. The lowest BCUT2D eigenvalue weighted by molar-refractivity contribution is -0.0449. The summed E-state index contributed by atoms with van der Waals surface area (Å²) in [5.41, 5.74) is 8.68. The summed E-state index contributed by atoms with van der Waals surface area (Å²) in [6.07, 6.45) is -0.283. The SMILES string of the molecule is CC(CCNC(=O)Nc1ccc(C(C)(C)C)cc1)N(C)C[C@H]1O[C@@H](n2cnc3c(N)ncnc32)[C@H](O)[C@H]1O. The largest absolute Gasteiger partial charge is 0.387 e. The van der Waals surface area contributed by atoms with Crippen LogP contribution in [0.25, 0.3) is 11.2 Å². The second-order valence-corrected chi connectivity index (χ2v) is 10.9. The standard InChI is InChI=1S/C26H38N8O4/c1-15(10-11-28-25(37)32-17-8-6-16(7-9-17)26(2,3)4)33(5)12-18-20(35)21(36)24(38-18)34-14-31-19-22(27)29-13-30-23(19)34/h6-9,13-15,18,20-21,24,35-36H,10-12H2,1-5H3,(H2,27,29,30)(H2,28,32,37)/t15?,18-,20+,21-,24-/m1/s1. The quantitative estimate of drug-likeness (QED) is 0.295. The number of likely N-dealkylation sites (N-methyl/N-ethyl adjacent to an activating group) is 1. The van der Waals surface area contributed by atoms with Crippen molar-refractivity contribution >= 4 is 28.7 Å². The number of fused-ring (bicyclic) bond motifs is 1. The normalized spacial score (nSPS) is 22.6. The number of anilines is 2. The van der Waals surface area contributed by atoms with E-state index < -0.39 is 24.5 Å². The molecule has 1 unspecified atom stereocenters. The summed E-state index contributed by atoms with van der Waals surface area (Å²) in [6, 6.07) is 7.66. The Balaban J connectivity index is 1.25. The number of benzene rings is 1. The average molecular weight is 527 g/mol. The molecule has 1 saturated heterocycles. The van der Waals surface area contributed by atoms with Crippen LogP contribution in [0, 0.1) is 0 Å². The molecule has 38 heavy (non-hydrogen) atoms. The Morgan fingerprint density at radius 1 is 1.18 bits per heavy atom. The predicted octanol–water partition coefficient (Wildman–Crippen LogP) is 1.86. The summed E-state index contributed by atoms with van der Waals surface area (Å²) in [6.45, 7) is 9.32. The molecule has 5 atom stereocenters. The van der Waals surface area contributed by atoms with Crippen LogP contribution in [0.2, 0.25) is 0 Å². The zero-order chi connectivity index (χ0) is 27.6. The Bertz CT molecular complexity index is 1240. The molecule has 0 bridgehead atoms. The van der Waals surface area contributed by atoms with E-state index in [1.165, 1.54) is 18.2 Å². The zero-order valence-electron chi connectivity index (χ0n) is 22.5. The maximum absolute atomic E-state index is 12.3. The van der Waals surface area contributed by atoms with E-state index >= 15 is 0 Å². The molecule has 6 N–H and O–H groups in total. The predicted molar refractivity (Wildman–Crippen MR) is 145 cm³/mol. The number of nitrogen functional groups attached to an aromatic ring is 1. The molecule has 4 rings (SSSR count). The van der Waals surface area contributed by atoms with Crippen molar-refractivity contribution in [1.82, 2.24) is 29.7 Å². The van der Waals surface area contributed by atoms with E-state index in [9.17, 15) is 15.0 Å². The smallest absolute Gasteiger partial charge is 0.319 e. The van der Waals surface area contributed by atoms with Crippen LogP contribution in [0.5, 0.6) is 0 Å². The van der Waals surface area contributed by atoms with Crippen LogP contribution in [-0.2, 0) is 10.2 Å². The van der Waals surface area contributed by atoms with Crippen molar-refractivity contribution in [2.75, 3.05) is 31.2 Å².